The Labute approximate surface area is 237 Å². The van der Waals surface area contributed by atoms with Crippen LogP contribution in [0.25, 0.3) is 0 Å². The maximum atomic E-state index is 14.7. The molecule has 3 atom stereocenters. The third-order valence-corrected chi connectivity index (χ3v) is 7.52. The topological polar surface area (TPSA) is 83.1 Å². The van der Waals surface area contributed by atoms with Crippen LogP contribution in [0.5, 0.6) is 11.5 Å². The fourth-order valence-electron chi connectivity index (χ4n) is 5.58. The van der Waals surface area contributed by atoms with E-state index in [-0.39, 0.29) is 18.0 Å². The Morgan fingerprint density at radius 3 is 2.55 bits per heavy atom. The second-order valence-electron chi connectivity index (χ2n) is 11.2. The molecule has 40 heavy (non-hydrogen) atoms. The van der Waals surface area contributed by atoms with E-state index in [0.717, 1.165) is 12.8 Å². The maximum Gasteiger partial charge on any atom is 0.317 e. The number of piperidine rings is 1. The van der Waals surface area contributed by atoms with Gasteiger partial charge in [-0.2, -0.15) is 0 Å². The minimum Gasteiger partial charge on any atom is -0.457 e. The number of amides is 2. The summed E-state index contributed by atoms with van der Waals surface area (Å²) in [6, 6.07) is 9.48. The van der Waals surface area contributed by atoms with Crippen LogP contribution < -0.4 is 15.4 Å². The predicted molar refractivity (Wildman–Crippen MR) is 152 cm³/mol. The van der Waals surface area contributed by atoms with Crippen molar-refractivity contribution in [3.05, 3.63) is 59.7 Å². The van der Waals surface area contributed by atoms with Crippen molar-refractivity contribution >= 4 is 6.03 Å². The molecule has 0 spiro atoms. The van der Waals surface area contributed by atoms with E-state index < -0.39 is 17.2 Å². The second-order valence-corrected chi connectivity index (χ2v) is 11.2. The number of aliphatic hydroxyl groups is 1. The van der Waals surface area contributed by atoms with Crippen LogP contribution in [0, 0.1) is 23.5 Å². The zero-order chi connectivity index (χ0) is 29.1. The highest BCUT2D eigenvalue weighted by molar-refractivity contribution is 5.74. The summed E-state index contributed by atoms with van der Waals surface area (Å²) >= 11 is 0. The molecule has 222 valence electrons. The summed E-state index contributed by atoms with van der Waals surface area (Å²) in [7, 11) is 3.50. The molecule has 7 nitrogen and oxygen atoms in total. The van der Waals surface area contributed by atoms with Crippen molar-refractivity contribution < 1.29 is 28.2 Å². The van der Waals surface area contributed by atoms with Gasteiger partial charge >= 0.3 is 6.03 Å². The van der Waals surface area contributed by atoms with Crippen LogP contribution in [0.1, 0.15) is 57.9 Å². The number of rotatable bonds is 14. The summed E-state index contributed by atoms with van der Waals surface area (Å²) in [5.74, 6) is -0.133. The van der Waals surface area contributed by atoms with E-state index in [1.54, 1.807) is 12.0 Å². The standard InChI is InChI=1S/C31H45F2N3O4/c1-22(2)18-26(20-34-3)35-30(37)36-16-7-8-23(21-36)31(38,15-5-6-17-39-4)28-19-25(33)11-14-29(28)40-27-12-9-24(32)10-13-27/h9-14,19,22-23,26,34,38H,5-8,15-18,20-21H2,1-4H3,(H,35,37). The van der Waals surface area contributed by atoms with Crippen LogP contribution in [0.4, 0.5) is 13.6 Å². The number of methoxy groups -OCH3 is 1. The van der Waals surface area contributed by atoms with E-state index in [1.807, 2.05) is 7.05 Å². The summed E-state index contributed by atoms with van der Waals surface area (Å²) in [5.41, 5.74) is -1.14. The minimum atomic E-state index is -1.47. The molecule has 0 saturated carbocycles. The monoisotopic (exact) mass is 561 g/mol. The Bertz CT molecular complexity index is 1070. The molecule has 2 aromatic rings. The number of halogens is 2. The largest absolute Gasteiger partial charge is 0.457 e. The lowest BCUT2D eigenvalue weighted by Crippen LogP contribution is -2.54. The van der Waals surface area contributed by atoms with Gasteiger partial charge in [-0.15, -0.1) is 0 Å². The summed E-state index contributed by atoms with van der Waals surface area (Å²) in [4.78, 5) is 15.1. The molecule has 1 heterocycles. The van der Waals surface area contributed by atoms with Crippen molar-refractivity contribution in [3.63, 3.8) is 0 Å². The van der Waals surface area contributed by atoms with Gasteiger partial charge in [0.1, 0.15) is 23.1 Å². The Kier molecular flexibility index (Phi) is 12.2. The number of nitrogens with zero attached hydrogens (tertiary/aromatic N) is 1. The Hall–Kier alpha value is -2.75. The first-order chi connectivity index (χ1) is 19.2. The highest BCUT2D eigenvalue weighted by Gasteiger charge is 2.43. The van der Waals surface area contributed by atoms with Gasteiger partial charge in [0.2, 0.25) is 0 Å². The average molecular weight is 562 g/mol. The summed E-state index contributed by atoms with van der Waals surface area (Å²) in [6.45, 7) is 6.36. The number of likely N-dealkylation sites (N-methyl/N-ethyl adjacent to an activating group) is 1. The summed E-state index contributed by atoms with van der Waals surface area (Å²) in [6.07, 6.45) is 3.93. The van der Waals surface area contributed by atoms with E-state index in [4.69, 9.17) is 9.47 Å². The molecule has 3 rings (SSSR count). The molecule has 0 aromatic heterocycles. The number of likely N-dealkylation sites (tertiary alicyclic amines) is 1. The third-order valence-electron chi connectivity index (χ3n) is 7.52. The van der Waals surface area contributed by atoms with Crippen molar-refractivity contribution in [3.8, 4) is 11.5 Å². The number of hydrogen-bond donors (Lipinski definition) is 3. The second kappa shape index (κ2) is 15.3. The molecule has 2 aromatic carbocycles. The summed E-state index contributed by atoms with van der Waals surface area (Å²) < 4.78 is 39.4. The van der Waals surface area contributed by atoms with E-state index >= 15 is 0 Å². The molecule has 0 radical (unpaired) electrons. The molecular weight excluding hydrogens is 516 g/mol. The molecule has 1 aliphatic rings. The zero-order valence-corrected chi connectivity index (χ0v) is 24.2. The molecule has 3 N–H and O–H groups in total. The average Bonchev–Trinajstić information content (AvgIpc) is 2.93. The molecule has 0 aliphatic carbocycles. The van der Waals surface area contributed by atoms with E-state index in [2.05, 4.69) is 24.5 Å². The van der Waals surface area contributed by atoms with Crippen molar-refractivity contribution in [2.45, 2.75) is 64.0 Å². The quantitative estimate of drug-likeness (QED) is 0.253. The fourth-order valence-corrected chi connectivity index (χ4v) is 5.58. The fraction of sp³-hybridized carbons (Fsp3) is 0.581. The highest BCUT2D eigenvalue weighted by atomic mass is 19.1. The van der Waals surface area contributed by atoms with Gasteiger partial charge in [0, 0.05) is 50.9 Å². The van der Waals surface area contributed by atoms with Gasteiger partial charge in [-0.25, -0.2) is 13.6 Å². The molecule has 2 amide bonds. The number of carbonyl (C=O) groups excluding carboxylic acids is 1. The van der Waals surface area contributed by atoms with Crippen molar-refractivity contribution in [2.24, 2.45) is 11.8 Å². The first kappa shape index (κ1) is 31.8. The Morgan fingerprint density at radius 2 is 1.88 bits per heavy atom. The van der Waals surface area contributed by atoms with Gasteiger partial charge in [0.25, 0.3) is 0 Å². The number of nitrogens with one attached hydrogen (secondary N) is 2. The lowest BCUT2D eigenvalue weighted by atomic mass is 9.73. The van der Waals surface area contributed by atoms with Crippen LogP contribution >= 0.6 is 0 Å². The van der Waals surface area contributed by atoms with Crippen LogP contribution in [-0.2, 0) is 10.3 Å². The molecule has 1 aliphatic heterocycles. The molecule has 0 bridgehead atoms. The van der Waals surface area contributed by atoms with Crippen molar-refractivity contribution in [1.29, 1.82) is 0 Å². The third kappa shape index (κ3) is 8.88. The number of benzene rings is 2. The first-order valence-electron chi connectivity index (χ1n) is 14.3. The Balaban J connectivity index is 1.90. The number of unbranched alkanes of at least 4 members (excludes halogenated alkanes) is 1. The number of ether oxygens (including phenoxy) is 2. The van der Waals surface area contributed by atoms with Crippen molar-refractivity contribution in [1.82, 2.24) is 15.5 Å². The number of urea groups is 1. The molecule has 3 unspecified atom stereocenters. The minimum absolute atomic E-state index is 0.00950. The van der Waals surface area contributed by atoms with E-state index in [9.17, 15) is 18.7 Å². The number of carbonyl (C=O) groups is 1. The summed E-state index contributed by atoms with van der Waals surface area (Å²) in [5, 5.41) is 18.7. The Morgan fingerprint density at radius 1 is 1.15 bits per heavy atom. The molecule has 9 heteroatoms. The van der Waals surface area contributed by atoms with Crippen molar-refractivity contribution in [2.75, 3.05) is 40.4 Å². The lowest BCUT2D eigenvalue weighted by Gasteiger charge is -2.43. The van der Waals surface area contributed by atoms with Gasteiger partial charge in [-0.3, -0.25) is 0 Å². The highest BCUT2D eigenvalue weighted by Crippen LogP contribution is 2.44. The van der Waals surface area contributed by atoms with Crippen LogP contribution in [0.2, 0.25) is 0 Å². The van der Waals surface area contributed by atoms with Gasteiger partial charge in [-0.05, 0) is 94.0 Å². The van der Waals surface area contributed by atoms with Gasteiger partial charge in [0.05, 0.1) is 5.60 Å². The van der Waals surface area contributed by atoms with Crippen LogP contribution in [0.3, 0.4) is 0 Å². The predicted octanol–water partition coefficient (Wildman–Crippen LogP) is 5.82. The smallest absolute Gasteiger partial charge is 0.317 e. The van der Waals surface area contributed by atoms with Crippen LogP contribution in [0.15, 0.2) is 42.5 Å². The van der Waals surface area contributed by atoms with E-state index in [1.165, 1.54) is 42.5 Å². The molecule has 1 saturated heterocycles. The van der Waals surface area contributed by atoms with Gasteiger partial charge < -0.3 is 30.1 Å². The maximum absolute atomic E-state index is 14.7. The lowest BCUT2D eigenvalue weighted by molar-refractivity contribution is -0.0577. The SMILES string of the molecule is CNCC(CC(C)C)NC(=O)N1CCCC(C(O)(CCCCOC)c2cc(F)ccc2Oc2ccc(F)cc2)C1. The van der Waals surface area contributed by atoms with Gasteiger partial charge in [-0.1, -0.05) is 13.8 Å². The van der Waals surface area contributed by atoms with Gasteiger partial charge in [0.15, 0.2) is 0 Å². The number of hydrogen-bond acceptors (Lipinski definition) is 5. The van der Waals surface area contributed by atoms with Crippen LogP contribution in [-0.4, -0.2) is 62.5 Å². The normalized spacial score (nSPS) is 17.9. The molecule has 1 fully saturated rings. The first-order valence-corrected chi connectivity index (χ1v) is 14.3. The zero-order valence-electron chi connectivity index (χ0n) is 24.2. The molecular formula is C31H45F2N3O4. The van der Waals surface area contributed by atoms with E-state index in [0.29, 0.717) is 74.9 Å².